The first kappa shape index (κ1) is 8.75. The van der Waals surface area contributed by atoms with E-state index in [1.807, 2.05) is 0 Å². The Kier molecular flexibility index (Phi) is 1.74. The molecule has 1 N–H and O–H groups in total. The Morgan fingerprint density at radius 2 is 2.31 bits per heavy atom. The molecule has 1 fully saturated rings. The molecule has 0 aromatic carbocycles. The van der Waals surface area contributed by atoms with Crippen molar-refractivity contribution in [2.45, 2.75) is 38.9 Å². The van der Waals surface area contributed by atoms with E-state index >= 15 is 0 Å². The number of aliphatic hydroxyl groups is 1. The monoisotopic (exact) mass is 182 g/mol. The molecule has 0 spiro atoms. The van der Waals surface area contributed by atoms with Crippen molar-refractivity contribution in [2.24, 2.45) is 5.92 Å². The maximum Gasteiger partial charge on any atom is 0.336 e. The molecule has 1 heterocycles. The topological polar surface area (TPSA) is 46.5 Å². The van der Waals surface area contributed by atoms with Crippen LogP contribution in [0.5, 0.6) is 0 Å². The molecule has 13 heavy (non-hydrogen) atoms. The molecule has 1 aliphatic carbocycles. The van der Waals surface area contributed by atoms with Gasteiger partial charge in [0.15, 0.2) is 0 Å². The summed E-state index contributed by atoms with van der Waals surface area (Å²) < 4.78 is 4.98. The number of carbonyl (C=O) groups excluding carboxylic acids is 1. The highest BCUT2D eigenvalue weighted by Crippen LogP contribution is 2.43. The fraction of sp³-hybridized carbons (Fsp3) is 0.700. The summed E-state index contributed by atoms with van der Waals surface area (Å²) in [6.45, 7) is 3.79. The first-order valence-corrected chi connectivity index (χ1v) is 4.69. The maximum atomic E-state index is 11.2. The van der Waals surface area contributed by atoms with E-state index < -0.39 is 5.79 Å². The second-order valence-corrected chi connectivity index (χ2v) is 4.13. The van der Waals surface area contributed by atoms with Gasteiger partial charge in [-0.3, -0.25) is 0 Å². The van der Waals surface area contributed by atoms with Crippen molar-refractivity contribution >= 4 is 5.97 Å². The number of rotatable bonds is 0. The Morgan fingerprint density at radius 1 is 1.62 bits per heavy atom. The van der Waals surface area contributed by atoms with Crippen molar-refractivity contribution in [1.82, 2.24) is 0 Å². The number of hydrogen-bond donors (Lipinski definition) is 1. The highest BCUT2D eigenvalue weighted by atomic mass is 16.7. The van der Waals surface area contributed by atoms with Gasteiger partial charge in [-0.15, -0.1) is 0 Å². The average molecular weight is 182 g/mol. The Labute approximate surface area is 77.4 Å². The maximum absolute atomic E-state index is 11.2. The number of ether oxygens (including phenoxy) is 1. The molecule has 0 amide bonds. The molecule has 0 aromatic heterocycles. The van der Waals surface area contributed by atoms with Gasteiger partial charge in [-0.1, -0.05) is 6.92 Å². The Morgan fingerprint density at radius 3 is 3.00 bits per heavy atom. The summed E-state index contributed by atoms with van der Waals surface area (Å²) >= 11 is 0. The lowest BCUT2D eigenvalue weighted by molar-refractivity contribution is -0.190. The minimum Gasteiger partial charge on any atom is -0.426 e. The average Bonchev–Trinajstić information content (AvgIpc) is 2.22. The van der Waals surface area contributed by atoms with Crippen molar-refractivity contribution < 1.29 is 14.6 Å². The van der Waals surface area contributed by atoms with Crippen molar-refractivity contribution in [1.29, 1.82) is 0 Å². The molecule has 3 nitrogen and oxygen atoms in total. The highest BCUT2D eigenvalue weighted by molar-refractivity contribution is 5.92. The molecule has 3 heteroatoms. The molecule has 72 valence electrons. The molecule has 0 unspecified atom stereocenters. The molecule has 0 aromatic rings. The predicted molar refractivity (Wildman–Crippen MR) is 46.8 cm³/mol. The lowest BCUT2D eigenvalue weighted by Crippen LogP contribution is -2.37. The van der Waals surface area contributed by atoms with Crippen LogP contribution in [0.3, 0.4) is 0 Å². The van der Waals surface area contributed by atoms with Crippen LogP contribution in [0, 0.1) is 5.92 Å². The first-order valence-electron chi connectivity index (χ1n) is 4.69. The fourth-order valence-electron chi connectivity index (χ4n) is 2.22. The molecule has 1 aliphatic heterocycles. The molecule has 0 saturated heterocycles. The van der Waals surface area contributed by atoms with E-state index in [1.165, 1.54) is 0 Å². The minimum absolute atomic E-state index is 0.355. The van der Waals surface area contributed by atoms with Crippen molar-refractivity contribution in [3.05, 3.63) is 11.1 Å². The molecular formula is C10H14O3. The van der Waals surface area contributed by atoms with Gasteiger partial charge in [0.25, 0.3) is 0 Å². The number of esters is 1. The van der Waals surface area contributed by atoms with E-state index in [-0.39, 0.29) is 5.97 Å². The number of hydrogen-bond acceptors (Lipinski definition) is 3. The zero-order valence-electron chi connectivity index (χ0n) is 7.96. The second kappa shape index (κ2) is 2.58. The van der Waals surface area contributed by atoms with Gasteiger partial charge < -0.3 is 9.84 Å². The van der Waals surface area contributed by atoms with E-state index in [4.69, 9.17) is 4.74 Å². The lowest BCUT2D eigenvalue weighted by atomic mass is 9.81. The van der Waals surface area contributed by atoms with Crippen molar-refractivity contribution in [3.8, 4) is 0 Å². The van der Waals surface area contributed by atoms with Gasteiger partial charge in [0, 0.05) is 17.6 Å². The van der Waals surface area contributed by atoms with Gasteiger partial charge in [-0.25, -0.2) is 4.79 Å². The zero-order chi connectivity index (χ0) is 9.64. The van der Waals surface area contributed by atoms with Gasteiger partial charge in [0.05, 0.1) is 0 Å². The number of fused-ring (bicyclic) bond motifs is 1. The van der Waals surface area contributed by atoms with E-state index in [0.717, 1.165) is 18.4 Å². The SMILES string of the molecule is CC1=C2CC[C@H](C)C[C@]2(O)OC1=O. The molecular weight excluding hydrogens is 168 g/mol. The summed E-state index contributed by atoms with van der Waals surface area (Å²) in [6.07, 6.45) is 2.37. The molecule has 1 saturated carbocycles. The van der Waals surface area contributed by atoms with Crippen LogP contribution in [0.1, 0.15) is 33.1 Å². The van der Waals surface area contributed by atoms with Crippen LogP contribution in [0.15, 0.2) is 11.1 Å². The van der Waals surface area contributed by atoms with Crippen molar-refractivity contribution in [2.75, 3.05) is 0 Å². The van der Waals surface area contributed by atoms with Crippen LogP contribution in [-0.2, 0) is 9.53 Å². The Balaban J connectivity index is 2.36. The van der Waals surface area contributed by atoms with Gasteiger partial charge in [-0.2, -0.15) is 0 Å². The summed E-state index contributed by atoms with van der Waals surface area (Å²) in [5, 5.41) is 10.0. The largest absolute Gasteiger partial charge is 0.426 e. The number of carbonyl (C=O) groups is 1. The van der Waals surface area contributed by atoms with Crippen LogP contribution < -0.4 is 0 Å². The third-order valence-electron chi connectivity index (χ3n) is 3.00. The standard InChI is InChI=1S/C10H14O3/c1-6-3-4-8-7(2)9(11)13-10(8,12)5-6/h6,12H,3-5H2,1-2H3/t6-,10-/m0/s1. The first-order chi connectivity index (χ1) is 6.03. The minimum atomic E-state index is -1.27. The third-order valence-corrected chi connectivity index (χ3v) is 3.00. The lowest BCUT2D eigenvalue weighted by Gasteiger charge is -2.32. The third kappa shape index (κ3) is 1.18. The summed E-state index contributed by atoms with van der Waals surface area (Å²) in [6, 6.07) is 0. The van der Waals surface area contributed by atoms with Crippen molar-refractivity contribution in [3.63, 3.8) is 0 Å². The molecule has 2 atom stereocenters. The smallest absolute Gasteiger partial charge is 0.336 e. The quantitative estimate of drug-likeness (QED) is 0.575. The summed E-state index contributed by atoms with van der Waals surface area (Å²) in [7, 11) is 0. The fourth-order valence-corrected chi connectivity index (χ4v) is 2.22. The molecule has 2 rings (SSSR count). The van der Waals surface area contributed by atoms with E-state index in [9.17, 15) is 9.90 Å². The zero-order valence-corrected chi connectivity index (χ0v) is 7.96. The van der Waals surface area contributed by atoms with Gasteiger partial charge in [0.2, 0.25) is 5.79 Å². The van der Waals surface area contributed by atoms with Gasteiger partial charge in [-0.05, 0) is 25.7 Å². The summed E-state index contributed by atoms with van der Waals surface area (Å²) in [4.78, 5) is 11.2. The van der Waals surface area contributed by atoms with Crippen LogP contribution >= 0.6 is 0 Å². The van der Waals surface area contributed by atoms with Crippen LogP contribution in [0.4, 0.5) is 0 Å². The van der Waals surface area contributed by atoms with E-state index in [0.29, 0.717) is 17.9 Å². The molecule has 0 bridgehead atoms. The van der Waals surface area contributed by atoms with E-state index in [2.05, 4.69) is 6.92 Å². The van der Waals surface area contributed by atoms with Gasteiger partial charge in [0.1, 0.15) is 0 Å². The molecule has 0 radical (unpaired) electrons. The summed E-state index contributed by atoms with van der Waals surface area (Å²) in [5.74, 6) is -1.20. The highest BCUT2D eigenvalue weighted by Gasteiger charge is 2.47. The van der Waals surface area contributed by atoms with E-state index in [1.54, 1.807) is 6.92 Å². The van der Waals surface area contributed by atoms with Crippen LogP contribution in [-0.4, -0.2) is 16.9 Å². The Bertz CT molecular complexity index is 293. The second-order valence-electron chi connectivity index (χ2n) is 4.13. The Hall–Kier alpha value is -0.830. The van der Waals surface area contributed by atoms with Crippen LogP contribution in [0.25, 0.3) is 0 Å². The normalized spacial score (nSPS) is 39.0. The predicted octanol–water partition coefficient (Wildman–Crippen LogP) is 1.37. The molecule has 2 aliphatic rings. The van der Waals surface area contributed by atoms with Gasteiger partial charge >= 0.3 is 5.97 Å². The van der Waals surface area contributed by atoms with Crippen LogP contribution in [0.2, 0.25) is 0 Å². The summed E-state index contributed by atoms with van der Waals surface area (Å²) in [5.41, 5.74) is 1.41.